The highest BCUT2D eigenvalue weighted by Gasteiger charge is 2.16. The second-order valence-electron chi connectivity index (χ2n) is 8.69. The molecule has 4 rings (SSSR count). The van der Waals surface area contributed by atoms with Crippen LogP contribution in [-0.2, 0) is 17.6 Å². The summed E-state index contributed by atoms with van der Waals surface area (Å²) in [6.07, 6.45) is 6.50. The van der Waals surface area contributed by atoms with E-state index >= 15 is 0 Å². The second kappa shape index (κ2) is 11.4. The van der Waals surface area contributed by atoms with E-state index in [4.69, 9.17) is 9.47 Å². The van der Waals surface area contributed by atoms with Gasteiger partial charge in [0, 0.05) is 25.5 Å². The molecule has 32 heavy (non-hydrogen) atoms. The Morgan fingerprint density at radius 2 is 1.84 bits per heavy atom. The molecule has 1 N–H and O–H groups in total. The number of nitrogens with zero attached hydrogens (tertiary/aromatic N) is 2. The number of aryl methyl sites for hydroxylation is 2. The minimum atomic E-state index is -0.528. The normalized spacial score (nSPS) is 16.7. The van der Waals surface area contributed by atoms with Gasteiger partial charge in [-0.2, -0.15) is 0 Å². The molecule has 1 aliphatic rings. The maximum atomic E-state index is 10.5. The highest BCUT2D eigenvalue weighted by Crippen LogP contribution is 2.24. The van der Waals surface area contributed by atoms with Crippen LogP contribution in [-0.4, -0.2) is 60.0 Å². The largest absolute Gasteiger partial charge is 0.488 e. The first kappa shape index (κ1) is 22.7. The second-order valence-corrected chi connectivity index (χ2v) is 8.69. The molecule has 0 spiro atoms. The lowest BCUT2D eigenvalue weighted by atomic mass is 10.0. The molecule has 5 heteroatoms. The Hall–Kier alpha value is -2.47. The van der Waals surface area contributed by atoms with Gasteiger partial charge in [-0.05, 0) is 79.3 Å². The zero-order chi connectivity index (χ0) is 22.2. The van der Waals surface area contributed by atoms with Crippen LogP contribution >= 0.6 is 0 Å². The van der Waals surface area contributed by atoms with E-state index in [0.29, 0.717) is 6.42 Å². The molecule has 1 aliphatic heterocycles. The molecule has 1 aromatic heterocycles. The van der Waals surface area contributed by atoms with Gasteiger partial charge in [-0.3, -0.25) is 9.88 Å². The van der Waals surface area contributed by atoms with Crippen LogP contribution in [0.3, 0.4) is 0 Å². The van der Waals surface area contributed by atoms with E-state index in [1.165, 1.54) is 17.4 Å². The third-order valence-corrected chi connectivity index (χ3v) is 6.24. The Morgan fingerprint density at radius 1 is 1.03 bits per heavy atom. The average molecular weight is 435 g/mol. The fourth-order valence-electron chi connectivity index (χ4n) is 4.22. The minimum Gasteiger partial charge on any atom is -0.488 e. The van der Waals surface area contributed by atoms with Crippen molar-refractivity contribution in [3.8, 4) is 5.75 Å². The number of benzene rings is 2. The van der Waals surface area contributed by atoms with Gasteiger partial charge in [-0.15, -0.1) is 0 Å². The number of aliphatic hydroxyl groups is 1. The summed E-state index contributed by atoms with van der Waals surface area (Å²) in [5.41, 5.74) is 2.50. The lowest BCUT2D eigenvalue weighted by Gasteiger charge is -2.26. The van der Waals surface area contributed by atoms with Gasteiger partial charge in [0.1, 0.15) is 11.9 Å². The van der Waals surface area contributed by atoms with E-state index in [-0.39, 0.29) is 6.10 Å². The summed E-state index contributed by atoms with van der Waals surface area (Å²) in [4.78, 5) is 6.62. The molecular weight excluding hydrogens is 400 g/mol. The summed E-state index contributed by atoms with van der Waals surface area (Å²) < 4.78 is 11.5. The van der Waals surface area contributed by atoms with Crippen LogP contribution in [0.15, 0.2) is 60.9 Å². The van der Waals surface area contributed by atoms with Crippen molar-refractivity contribution in [1.82, 2.24) is 9.88 Å². The van der Waals surface area contributed by atoms with Crippen LogP contribution < -0.4 is 4.74 Å². The van der Waals surface area contributed by atoms with Crippen LogP contribution in [0.1, 0.15) is 30.9 Å². The van der Waals surface area contributed by atoms with E-state index in [2.05, 4.69) is 40.2 Å². The van der Waals surface area contributed by atoms with E-state index in [1.54, 1.807) is 6.20 Å². The van der Waals surface area contributed by atoms with E-state index in [0.717, 1.165) is 62.4 Å². The number of pyridine rings is 1. The molecule has 1 saturated heterocycles. The highest BCUT2D eigenvalue weighted by atomic mass is 16.5. The van der Waals surface area contributed by atoms with Crippen LogP contribution in [0.4, 0.5) is 0 Å². The number of morpholine rings is 1. The van der Waals surface area contributed by atoms with Crippen molar-refractivity contribution in [2.45, 2.75) is 44.8 Å². The first-order valence-electron chi connectivity index (χ1n) is 11.7. The highest BCUT2D eigenvalue weighted by molar-refractivity contribution is 5.84. The summed E-state index contributed by atoms with van der Waals surface area (Å²) in [5, 5.41) is 12.9. The van der Waals surface area contributed by atoms with Crippen LogP contribution in [0, 0.1) is 0 Å². The van der Waals surface area contributed by atoms with Crippen molar-refractivity contribution < 1.29 is 14.6 Å². The molecule has 0 saturated carbocycles. The Morgan fingerprint density at radius 3 is 2.66 bits per heavy atom. The Bertz CT molecular complexity index is 973. The molecule has 2 aromatic carbocycles. The molecule has 3 aromatic rings. The molecule has 2 heterocycles. The van der Waals surface area contributed by atoms with Gasteiger partial charge in [0.25, 0.3) is 0 Å². The van der Waals surface area contributed by atoms with E-state index in [9.17, 15) is 5.11 Å². The minimum absolute atomic E-state index is 0.274. The smallest absolute Gasteiger partial charge is 0.122 e. The predicted molar refractivity (Wildman–Crippen MR) is 128 cm³/mol. The van der Waals surface area contributed by atoms with Gasteiger partial charge in [0.05, 0.1) is 19.3 Å². The lowest BCUT2D eigenvalue weighted by Crippen LogP contribution is -2.36. The van der Waals surface area contributed by atoms with Gasteiger partial charge in [0.15, 0.2) is 0 Å². The topological polar surface area (TPSA) is 54.8 Å². The Labute approximate surface area is 191 Å². The molecular formula is C27H34N2O3. The third kappa shape index (κ3) is 6.52. The standard InChI is InChI=1S/C27H34N2O3/c1-21(27(30)11-7-23-4-2-12-28-20-23)32-26-10-9-24-18-22(6-8-25(24)19-26)5-3-13-29-14-16-31-17-15-29/h2,4,6,8-10,12,18-21,27,30H,3,5,7,11,13-17H2,1H3/t21-,27+/m0/s1. The maximum Gasteiger partial charge on any atom is 0.122 e. The molecule has 2 atom stereocenters. The zero-order valence-corrected chi connectivity index (χ0v) is 19.0. The van der Waals surface area contributed by atoms with Crippen LogP contribution in [0.2, 0.25) is 0 Å². The number of ether oxygens (including phenoxy) is 2. The maximum absolute atomic E-state index is 10.5. The molecule has 0 aliphatic carbocycles. The van der Waals surface area contributed by atoms with Gasteiger partial charge in [0.2, 0.25) is 0 Å². The predicted octanol–water partition coefficient (Wildman–Crippen LogP) is 4.26. The van der Waals surface area contributed by atoms with Gasteiger partial charge in [-0.1, -0.05) is 30.3 Å². The van der Waals surface area contributed by atoms with Crippen LogP contribution in [0.5, 0.6) is 5.75 Å². The number of aliphatic hydroxyl groups excluding tert-OH is 1. The number of aromatic nitrogens is 1. The van der Waals surface area contributed by atoms with Crippen molar-refractivity contribution in [1.29, 1.82) is 0 Å². The van der Waals surface area contributed by atoms with E-state index < -0.39 is 6.10 Å². The first-order chi connectivity index (χ1) is 15.7. The average Bonchev–Trinajstić information content (AvgIpc) is 2.84. The van der Waals surface area contributed by atoms with Gasteiger partial charge in [-0.25, -0.2) is 0 Å². The van der Waals surface area contributed by atoms with Crippen molar-refractivity contribution in [2.75, 3.05) is 32.8 Å². The molecule has 1 fully saturated rings. The number of rotatable bonds is 10. The molecule has 5 nitrogen and oxygen atoms in total. The number of hydrogen-bond donors (Lipinski definition) is 1. The molecule has 0 unspecified atom stereocenters. The molecule has 0 bridgehead atoms. The Balaban J connectivity index is 1.28. The quantitative estimate of drug-likeness (QED) is 0.517. The monoisotopic (exact) mass is 434 g/mol. The summed E-state index contributed by atoms with van der Waals surface area (Å²) in [5.74, 6) is 0.797. The first-order valence-corrected chi connectivity index (χ1v) is 11.7. The van der Waals surface area contributed by atoms with Crippen LogP contribution in [0.25, 0.3) is 10.8 Å². The molecule has 170 valence electrons. The fraction of sp³-hybridized carbons (Fsp3) is 0.444. The number of hydrogen-bond acceptors (Lipinski definition) is 5. The molecule has 0 radical (unpaired) electrons. The lowest BCUT2D eigenvalue weighted by molar-refractivity contribution is 0.0375. The number of fused-ring (bicyclic) bond motifs is 1. The van der Waals surface area contributed by atoms with E-state index in [1.807, 2.05) is 31.3 Å². The summed E-state index contributed by atoms with van der Waals surface area (Å²) in [6, 6.07) is 16.8. The summed E-state index contributed by atoms with van der Waals surface area (Å²) in [7, 11) is 0. The third-order valence-electron chi connectivity index (χ3n) is 6.24. The summed E-state index contributed by atoms with van der Waals surface area (Å²) in [6.45, 7) is 6.89. The van der Waals surface area contributed by atoms with Crippen molar-refractivity contribution in [3.05, 3.63) is 72.1 Å². The Kier molecular flexibility index (Phi) is 8.10. The van der Waals surface area contributed by atoms with Crippen molar-refractivity contribution in [2.24, 2.45) is 0 Å². The van der Waals surface area contributed by atoms with Gasteiger partial charge < -0.3 is 14.6 Å². The van der Waals surface area contributed by atoms with Crippen molar-refractivity contribution >= 4 is 10.8 Å². The summed E-state index contributed by atoms with van der Waals surface area (Å²) >= 11 is 0. The van der Waals surface area contributed by atoms with Gasteiger partial charge >= 0.3 is 0 Å². The van der Waals surface area contributed by atoms with Crippen molar-refractivity contribution in [3.63, 3.8) is 0 Å². The fourth-order valence-corrected chi connectivity index (χ4v) is 4.22. The zero-order valence-electron chi connectivity index (χ0n) is 19.0. The molecule has 0 amide bonds. The SMILES string of the molecule is C[C@H](Oc1ccc2cc(CCCN3CCOCC3)ccc2c1)[C@H](O)CCc1cccnc1.